The maximum absolute atomic E-state index is 12.1. The molecular formula is C12H12BrNO2S2. The molecule has 0 fully saturated rings. The highest BCUT2D eigenvalue weighted by Gasteiger charge is 2.18. The summed E-state index contributed by atoms with van der Waals surface area (Å²) in [6, 6.07) is 8.90. The van der Waals surface area contributed by atoms with Crippen LogP contribution in [0, 0.1) is 13.8 Å². The van der Waals surface area contributed by atoms with E-state index in [1.54, 1.807) is 18.2 Å². The molecule has 0 amide bonds. The zero-order chi connectivity index (χ0) is 13.3. The number of halogens is 1. The van der Waals surface area contributed by atoms with E-state index in [-0.39, 0.29) is 0 Å². The van der Waals surface area contributed by atoms with E-state index in [1.165, 1.54) is 11.3 Å². The first-order valence-corrected chi connectivity index (χ1v) is 8.33. The van der Waals surface area contributed by atoms with E-state index in [2.05, 4.69) is 20.7 Å². The maximum atomic E-state index is 12.1. The normalized spacial score (nSPS) is 11.5. The first kappa shape index (κ1) is 13.6. The van der Waals surface area contributed by atoms with Gasteiger partial charge in [-0.05, 0) is 53.5 Å². The minimum atomic E-state index is -3.49. The second kappa shape index (κ2) is 5.03. The molecule has 6 heteroatoms. The van der Waals surface area contributed by atoms with Crippen LogP contribution in [0.3, 0.4) is 0 Å². The van der Waals surface area contributed by atoms with E-state index in [4.69, 9.17) is 0 Å². The summed E-state index contributed by atoms with van der Waals surface area (Å²) < 4.78 is 28.0. The minimum Gasteiger partial charge on any atom is -0.279 e. The molecule has 0 saturated carbocycles. The van der Waals surface area contributed by atoms with Crippen LogP contribution in [0.5, 0.6) is 0 Å². The van der Waals surface area contributed by atoms with Crippen molar-refractivity contribution < 1.29 is 8.42 Å². The first-order chi connectivity index (χ1) is 8.38. The van der Waals surface area contributed by atoms with Crippen LogP contribution in [0.2, 0.25) is 0 Å². The molecule has 2 aromatic rings. The van der Waals surface area contributed by atoms with Gasteiger partial charge in [-0.1, -0.05) is 17.7 Å². The van der Waals surface area contributed by atoms with Gasteiger partial charge in [0, 0.05) is 5.69 Å². The minimum absolute atomic E-state index is 0.312. The number of rotatable bonds is 3. The van der Waals surface area contributed by atoms with Crippen molar-refractivity contribution in [2.24, 2.45) is 0 Å². The zero-order valence-corrected chi connectivity index (χ0v) is 13.1. The van der Waals surface area contributed by atoms with Crippen molar-refractivity contribution >= 4 is 43.0 Å². The first-order valence-electron chi connectivity index (χ1n) is 5.24. The predicted octanol–water partition coefficient (Wildman–Crippen LogP) is 3.93. The van der Waals surface area contributed by atoms with E-state index in [0.717, 1.165) is 14.9 Å². The van der Waals surface area contributed by atoms with Crippen LogP contribution in [-0.4, -0.2) is 8.42 Å². The van der Waals surface area contributed by atoms with Crippen LogP contribution < -0.4 is 4.72 Å². The molecule has 18 heavy (non-hydrogen) atoms. The summed E-state index contributed by atoms with van der Waals surface area (Å²) in [6.45, 7) is 3.82. The van der Waals surface area contributed by atoms with Gasteiger partial charge in [-0.3, -0.25) is 4.72 Å². The van der Waals surface area contributed by atoms with Gasteiger partial charge in [-0.15, -0.1) is 11.3 Å². The second-order valence-electron chi connectivity index (χ2n) is 3.99. The molecule has 3 nitrogen and oxygen atoms in total. The lowest BCUT2D eigenvalue weighted by molar-refractivity contribution is 0.603. The molecule has 1 aromatic carbocycles. The van der Waals surface area contributed by atoms with Gasteiger partial charge < -0.3 is 0 Å². The summed E-state index contributed by atoms with van der Waals surface area (Å²) in [5, 5.41) is 0. The molecule has 0 saturated heterocycles. The van der Waals surface area contributed by atoms with Crippen LogP contribution >= 0.6 is 27.3 Å². The third kappa shape index (κ3) is 2.93. The van der Waals surface area contributed by atoms with Gasteiger partial charge in [-0.25, -0.2) is 8.42 Å². The number of benzene rings is 1. The van der Waals surface area contributed by atoms with Gasteiger partial charge in [0.1, 0.15) is 4.21 Å². The molecule has 96 valence electrons. The predicted molar refractivity (Wildman–Crippen MR) is 78.7 cm³/mol. The van der Waals surface area contributed by atoms with Gasteiger partial charge in [0.15, 0.2) is 0 Å². The fraction of sp³-hybridized carbons (Fsp3) is 0.167. The van der Waals surface area contributed by atoms with Crippen molar-refractivity contribution in [3.63, 3.8) is 0 Å². The number of sulfonamides is 1. The SMILES string of the molecule is Cc1ccc(NS(=O)(=O)c2cc(C)c(Br)s2)cc1. The number of anilines is 1. The van der Waals surface area contributed by atoms with Crippen LogP contribution in [0.25, 0.3) is 0 Å². The van der Waals surface area contributed by atoms with Gasteiger partial charge in [0.25, 0.3) is 10.0 Å². The molecule has 0 aliphatic heterocycles. The summed E-state index contributed by atoms with van der Waals surface area (Å²) in [4.78, 5) is 0. The van der Waals surface area contributed by atoms with Crippen molar-refractivity contribution in [3.05, 3.63) is 45.2 Å². The molecule has 1 heterocycles. The summed E-state index contributed by atoms with van der Waals surface area (Å²) in [6.07, 6.45) is 0. The third-order valence-electron chi connectivity index (χ3n) is 2.40. The summed E-state index contributed by atoms with van der Waals surface area (Å²) >= 11 is 4.54. The van der Waals surface area contributed by atoms with E-state index < -0.39 is 10.0 Å². The number of aryl methyl sites for hydroxylation is 2. The number of thiophene rings is 1. The quantitative estimate of drug-likeness (QED) is 0.915. The highest BCUT2D eigenvalue weighted by atomic mass is 79.9. The third-order valence-corrected chi connectivity index (χ3v) is 6.39. The van der Waals surface area contributed by atoms with Gasteiger partial charge in [0.2, 0.25) is 0 Å². The lowest BCUT2D eigenvalue weighted by Gasteiger charge is -2.06. The monoisotopic (exact) mass is 345 g/mol. The smallest absolute Gasteiger partial charge is 0.271 e. The zero-order valence-electron chi connectivity index (χ0n) is 9.90. The lowest BCUT2D eigenvalue weighted by Crippen LogP contribution is -2.11. The van der Waals surface area contributed by atoms with Crippen molar-refractivity contribution in [1.29, 1.82) is 0 Å². The summed E-state index contributed by atoms with van der Waals surface area (Å²) in [5.74, 6) is 0. The fourth-order valence-electron chi connectivity index (χ4n) is 1.39. The van der Waals surface area contributed by atoms with Crippen LogP contribution in [0.1, 0.15) is 11.1 Å². The Hall–Kier alpha value is -0.850. The average molecular weight is 346 g/mol. The molecule has 1 N–H and O–H groups in total. The topological polar surface area (TPSA) is 46.2 Å². The lowest BCUT2D eigenvalue weighted by atomic mass is 10.2. The Bertz CT molecular complexity index is 640. The molecule has 0 atom stereocenters. The Morgan fingerprint density at radius 1 is 1.17 bits per heavy atom. The Kier molecular flexibility index (Phi) is 3.79. The van der Waals surface area contributed by atoms with Gasteiger partial charge in [0.05, 0.1) is 3.79 Å². The van der Waals surface area contributed by atoms with Crippen molar-refractivity contribution in [2.45, 2.75) is 18.1 Å². The second-order valence-corrected chi connectivity index (χ2v) is 8.27. The van der Waals surface area contributed by atoms with Crippen molar-refractivity contribution in [3.8, 4) is 0 Å². The van der Waals surface area contributed by atoms with E-state index in [1.807, 2.05) is 26.0 Å². The van der Waals surface area contributed by atoms with Gasteiger partial charge >= 0.3 is 0 Å². The van der Waals surface area contributed by atoms with Crippen LogP contribution in [0.15, 0.2) is 38.3 Å². The van der Waals surface area contributed by atoms with E-state index >= 15 is 0 Å². The molecule has 0 aliphatic carbocycles. The Morgan fingerprint density at radius 2 is 1.78 bits per heavy atom. The van der Waals surface area contributed by atoms with Crippen LogP contribution in [-0.2, 0) is 10.0 Å². The molecule has 0 aliphatic rings. The van der Waals surface area contributed by atoms with Crippen LogP contribution in [0.4, 0.5) is 5.69 Å². The summed E-state index contributed by atoms with van der Waals surface area (Å²) in [7, 11) is -3.49. The Labute approximate surface area is 119 Å². The maximum Gasteiger partial charge on any atom is 0.271 e. The largest absolute Gasteiger partial charge is 0.279 e. The number of hydrogen-bond acceptors (Lipinski definition) is 3. The molecule has 0 unspecified atom stereocenters. The molecule has 0 radical (unpaired) electrons. The average Bonchev–Trinajstić information content (AvgIpc) is 2.63. The molecule has 0 spiro atoms. The van der Waals surface area contributed by atoms with Crippen molar-refractivity contribution in [2.75, 3.05) is 4.72 Å². The number of hydrogen-bond donors (Lipinski definition) is 1. The standard InChI is InChI=1S/C12H12BrNO2S2/c1-8-3-5-10(6-4-8)14-18(15,16)11-7-9(2)12(13)17-11/h3-7,14H,1-2H3. The highest BCUT2D eigenvalue weighted by Crippen LogP contribution is 2.31. The van der Waals surface area contributed by atoms with Gasteiger partial charge in [-0.2, -0.15) is 0 Å². The summed E-state index contributed by atoms with van der Waals surface area (Å²) in [5.41, 5.74) is 2.58. The van der Waals surface area contributed by atoms with Crippen molar-refractivity contribution in [1.82, 2.24) is 0 Å². The van der Waals surface area contributed by atoms with E-state index in [0.29, 0.717) is 9.90 Å². The molecule has 1 aromatic heterocycles. The number of nitrogens with one attached hydrogen (secondary N) is 1. The fourth-order valence-corrected chi connectivity index (χ4v) is 4.68. The Morgan fingerprint density at radius 3 is 2.28 bits per heavy atom. The molecule has 0 bridgehead atoms. The van der Waals surface area contributed by atoms with E-state index in [9.17, 15) is 8.42 Å². The molecule has 2 rings (SSSR count). The highest BCUT2D eigenvalue weighted by molar-refractivity contribution is 9.11. The molecular weight excluding hydrogens is 334 g/mol. The Balaban J connectivity index is 2.29.